The Kier molecular flexibility index (Phi) is 7.78. The molecule has 1 aliphatic heterocycles. The van der Waals surface area contributed by atoms with Gasteiger partial charge in [-0.05, 0) is 111 Å². The summed E-state index contributed by atoms with van der Waals surface area (Å²) >= 11 is 0. The summed E-state index contributed by atoms with van der Waals surface area (Å²) in [5.41, 5.74) is -2.17. The lowest BCUT2D eigenvalue weighted by atomic mass is 9.33. The fourth-order valence-electron chi connectivity index (χ4n) is 12.3. The summed E-state index contributed by atoms with van der Waals surface area (Å²) in [4.78, 5) is 26.7. The lowest BCUT2D eigenvalue weighted by molar-refractivity contribution is -0.324. The van der Waals surface area contributed by atoms with Gasteiger partial charge in [0, 0.05) is 0 Å². The van der Waals surface area contributed by atoms with Gasteiger partial charge in [-0.15, -0.1) is 0 Å². The van der Waals surface area contributed by atoms with Crippen molar-refractivity contribution in [3.63, 3.8) is 0 Å². The van der Waals surface area contributed by atoms with Crippen molar-refractivity contribution >= 4 is 11.9 Å². The molecule has 5 N–H and O–H groups in total. The number of allylic oxidation sites excluding steroid dienone is 1. The van der Waals surface area contributed by atoms with E-state index < -0.39 is 58.9 Å². The fraction of sp³-hybridized carbons (Fsp3) is 0.889. The van der Waals surface area contributed by atoms with Crippen LogP contribution in [0.25, 0.3) is 0 Å². The van der Waals surface area contributed by atoms with Crippen LogP contribution in [-0.2, 0) is 19.1 Å². The molecule has 1 heterocycles. The number of carboxylic acid groups (broad SMARTS) is 2. The highest BCUT2D eigenvalue weighted by molar-refractivity contribution is 5.84. The summed E-state index contributed by atoms with van der Waals surface area (Å²) in [6.07, 6.45) is 3.02. The van der Waals surface area contributed by atoms with Crippen molar-refractivity contribution < 1.29 is 44.6 Å². The summed E-state index contributed by atoms with van der Waals surface area (Å²) in [5.74, 6) is -1.52. The van der Waals surface area contributed by atoms with E-state index in [4.69, 9.17) is 9.47 Å². The summed E-state index contributed by atoms with van der Waals surface area (Å²) < 4.78 is 12.3. The van der Waals surface area contributed by atoms with Crippen LogP contribution in [0.4, 0.5) is 0 Å². The largest absolute Gasteiger partial charge is 0.481 e. The van der Waals surface area contributed by atoms with Gasteiger partial charge in [0.1, 0.15) is 18.3 Å². The third-order valence-electron chi connectivity index (χ3n) is 14.9. The summed E-state index contributed by atoms with van der Waals surface area (Å²) in [5, 5.41) is 53.2. The SMILES string of the molecule is C[C@@H]1O[C@H](O[C@@H]2CC[C@]3(C)C(CC[C@@]4(C)C3CC=C3C5CC(C)(C)CC[C@@]5(C(=O)O)CC[C@@]34C(=O)O)C2(C)C)[C@@H](O)[C@H](O)[C@H]1O. The molecule has 5 aliphatic carbocycles. The van der Waals surface area contributed by atoms with Crippen LogP contribution in [0.3, 0.4) is 0 Å². The molecule has 4 saturated carbocycles. The topological polar surface area (TPSA) is 154 Å². The smallest absolute Gasteiger partial charge is 0.314 e. The number of hydrogen-bond donors (Lipinski definition) is 5. The zero-order valence-electron chi connectivity index (χ0n) is 28.2. The zero-order chi connectivity index (χ0) is 33.1. The van der Waals surface area contributed by atoms with Gasteiger partial charge in [0.05, 0.1) is 23.0 Å². The molecule has 3 unspecified atom stereocenters. The number of fused-ring (bicyclic) bond motifs is 7. The highest BCUT2D eigenvalue weighted by atomic mass is 16.7. The average molecular weight is 633 g/mol. The van der Waals surface area contributed by atoms with E-state index in [1.165, 1.54) is 0 Å². The highest BCUT2D eigenvalue weighted by Crippen LogP contribution is 2.76. The number of rotatable bonds is 4. The van der Waals surface area contributed by atoms with Crippen LogP contribution >= 0.6 is 0 Å². The molecular weight excluding hydrogens is 576 g/mol. The maximum atomic E-state index is 13.8. The maximum absolute atomic E-state index is 13.8. The van der Waals surface area contributed by atoms with Gasteiger partial charge >= 0.3 is 11.9 Å². The minimum Gasteiger partial charge on any atom is -0.481 e. The van der Waals surface area contributed by atoms with E-state index >= 15 is 0 Å². The molecule has 13 atom stereocenters. The number of carboxylic acids is 2. The molecular formula is C36H56O9. The van der Waals surface area contributed by atoms with Crippen molar-refractivity contribution in [1.29, 1.82) is 0 Å². The second-order valence-electron chi connectivity index (χ2n) is 17.7. The Bertz CT molecular complexity index is 1260. The van der Waals surface area contributed by atoms with E-state index in [1.807, 2.05) is 0 Å². The van der Waals surface area contributed by atoms with Crippen LogP contribution in [0.1, 0.15) is 113 Å². The molecule has 45 heavy (non-hydrogen) atoms. The maximum Gasteiger partial charge on any atom is 0.314 e. The third kappa shape index (κ3) is 4.42. The molecule has 0 aromatic heterocycles. The minimum absolute atomic E-state index is 0.0443. The van der Waals surface area contributed by atoms with Gasteiger partial charge in [0.2, 0.25) is 0 Å². The normalized spacial score (nSPS) is 51.9. The van der Waals surface area contributed by atoms with Crippen LogP contribution in [0.15, 0.2) is 11.6 Å². The first-order valence-electron chi connectivity index (χ1n) is 17.3. The quantitative estimate of drug-likeness (QED) is 0.209. The summed E-state index contributed by atoms with van der Waals surface area (Å²) in [7, 11) is 0. The van der Waals surface area contributed by atoms with E-state index in [9.17, 15) is 35.1 Å². The molecule has 5 fully saturated rings. The zero-order valence-corrected chi connectivity index (χ0v) is 28.2. The average Bonchev–Trinajstić information content (AvgIpc) is 2.95. The lowest BCUT2D eigenvalue weighted by Gasteiger charge is -2.70. The van der Waals surface area contributed by atoms with Gasteiger partial charge in [0.25, 0.3) is 0 Å². The van der Waals surface area contributed by atoms with Gasteiger partial charge in [-0.25, -0.2) is 0 Å². The molecule has 9 heteroatoms. The standard InChI is InChI=1S/C36H56O9/c1-19-25(37)26(38)27(39)28(44-19)45-24-11-12-33(6)22(32(24,4)5)10-13-34(7)23(33)9-8-20-21-18-31(2,3)14-15-35(21,29(40)41)16-17-36(20,34)30(42)43/h8,19,21-28,37-39H,9-18H2,1-7H3,(H,40,41)(H,42,43)/t19-,21?,22?,23?,24+,25-,26+,27-,28+,33+,34-,35+,36-/m0/s1. The van der Waals surface area contributed by atoms with E-state index in [0.29, 0.717) is 32.1 Å². The summed E-state index contributed by atoms with van der Waals surface area (Å²) in [6, 6.07) is 0. The predicted octanol–water partition coefficient (Wildman–Crippen LogP) is 5.15. The molecule has 6 aliphatic rings. The number of aliphatic hydroxyl groups is 3. The van der Waals surface area contributed by atoms with Gasteiger partial charge in [-0.1, -0.05) is 53.2 Å². The Morgan fingerprint density at radius 3 is 2.13 bits per heavy atom. The monoisotopic (exact) mass is 632 g/mol. The van der Waals surface area contributed by atoms with E-state index in [-0.39, 0.29) is 40.1 Å². The van der Waals surface area contributed by atoms with Crippen molar-refractivity contribution in [2.24, 2.45) is 50.2 Å². The van der Waals surface area contributed by atoms with Gasteiger partial charge < -0.3 is 35.0 Å². The van der Waals surface area contributed by atoms with E-state index in [0.717, 1.165) is 37.7 Å². The Morgan fingerprint density at radius 2 is 1.49 bits per heavy atom. The van der Waals surface area contributed by atoms with Crippen LogP contribution in [0.2, 0.25) is 0 Å². The molecule has 1 saturated heterocycles. The van der Waals surface area contributed by atoms with Gasteiger partial charge in [-0.2, -0.15) is 0 Å². The number of ether oxygens (including phenoxy) is 2. The number of aliphatic carboxylic acids is 2. The van der Waals surface area contributed by atoms with Crippen LogP contribution in [0.5, 0.6) is 0 Å². The number of carbonyl (C=O) groups is 2. The predicted molar refractivity (Wildman–Crippen MR) is 166 cm³/mol. The molecule has 0 radical (unpaired) electrons. The number of aliphatic hydroxyl groups excluding tert-OH is 3. The molecule has 6 rings (SSSR count). The van der Waals surface area contributed by atoms with Gasteiger partial charge in [0.15, 0.2) is 6.29 Å². The van der Waals surface area contributed by atoms with E-state index in [2.05, 4.69) is 47.6 Å². The van der Waals surface area contributed by atoms with E-state index in [1.54, 1.807) is 6.92 Å². The first-order valence-corrected chi connectivity index (χ1v) is 17.3. The molecule has 0 amide bonds. The fourth-order valence-corrected chi connectivity index (χ4v) is 12.3. The highest BCUT2D eigenvalue weighted by Gasteiger charge is 2.73. The van der Waals surface area contributed by atoms with Crippen molar-refractivity contribution in [2.45, 2.75) is 149 Å². The summed E-state index contributed by atoms with van der Waals surface area (Å²) in [6.45, 7) is 15.0. The first-order chi connectivity index (χ1) is 20.8. The second kappa shape index (κ2) is 10.5. The van der Waals surface area contributed by atoms with Crippen molar-refractivity contribution in [3.8, 4) is 0 Å². The van der Waals surface area contributed by atoms with Gasteiger partial charge in [-0.3, -0.25) is 9.59 Å². The Morgan fingerprint density at radius 1 is 0.822 bits per heavy atom. The second-order valence-corrected chi connectivity index (χ2v) is 17.7. The van der Waals surface area contributed by atoms with Crippen molar-refractivity contribution in [2.75, 3.05) is 0 Å². The molecule has 0 aromatic carbocycles. The molecule has 0 bridgehead atoms. The Balaban J connectivity index is 1.35. The molecule has 254 valence electrons. The van der Waals surface area contributed by atoms with Crippen LogP contribution < -0.4 is 0 Å². The van der Waals surface area contributed by atoms with Crippen LogP contribution in [0, 0.1) is 50.2 Å². The first kappa shape index (κ1) is 33.4. The lowest BCUT2D eigenvalue weighted by Crippen LogP contribution is -2.68. The van der Waals surface area contributed by atoms with Crippen LogP contribution in [-0.4, -0.2) is 74.3 Å². The Hall–Kier alpha value is -1.52. The molecule has 0 spiro atoms. The molecule has 0 aromatic rings. The third-order valence-corrected chi connectivity index (χ3v) is 14.9. The Labute approximate surface area is 267 Å². The molecule has 9 nitrogen and oxygen atoms in total. The van der Waals surface area contributed by atoms with Crippen molar-refractivity contribution in [1.82, 2.24) is 0 Å². The minimum atomic E-state index is -1.36. The number of hydrogen-bond acceptors (Lipinski definition) is 7. The van der Waals surface area contributed by atoms with Crippen molar-refractivity contribution in [3.05, 3.63) is 11.6 Å².